The number of benzene rings is 1. The number of nitrogens with one attached hydrogen (secondary N) is 2. The van der Waals surface area contributed by atoms with Gasteiger partial charge in [0.2, 0.25) is 5.88 Å². The minimum Gasteiger partial charge on any atom is -0.474 e. The van der Waals surface area contributed by atoms with Crippen molar-refractivity contribution in [1.82, 2.24) is 20.5 Å². The third kappa shape index (κ3) is 7.68. The van der Waals surface area contributed by atoms with Gasteiger partial charge in [-0.05, 0) is 48.9 Å². The molecule has 3 rings (SSSR count). The zero-order valence-corrected chi connectivity index (χ0v) is 20.8. The molecule has 1 aliphatic rings. The van der Waals surface area contributed by atoms with Crippen LogP contribution in [0.2, 0.25) is 0 Å². The number of carbonyl (C=O) groups is 1. The first-order chi connectivity index (χ1) is 14.5. The van der Waals surface area contributed by atoms with Crippen molar-refractivity contribution in [2.45, 2.75) is 44.9 Å². The summed E-state index contributed by atoms with van der Waals surface area (Å²) in [5.74, 6) is 1.40. The average molecular weight is 537 g/mol. The molecule has 0 spiro atoms. The highest BCUT2D eigenvalue weighted by atomic mass is 127. The second-order valence-electron chi connectivity index (χ2n) is 7.70. The predicted octanol–water partition coefficient (Wildman–Crippen LogP) is 3.59. The van der Waals surface area contributed by atoms with E-state index in [1.807, 2.05) is 42.6 Å². The van der Waals surface area contributed by atoms with E-state index < -0.39 is 0 Å². The van der Waals surface area contributed by atoms with Gasteiger partial charge in [-0.2, -0.15) is 0 Å². The minimum atomic E-state index is 0. The van der Waals surface area contributed by atoms with Gasteiger partial charge in [0.25, 0.3) is 5.91 Å². The van der Waals surface area contributed by atoms with E-state index in [0.717, 1.165) is 24.0 Å². The van der Waals surface area contributed by atoms with E-state index in [9.17, 15) is 4.79 Å². The lowest BCUT2D eigenvalue weighted by atomic mass is 10.1. The van der Waals surface area contributed by atoms with Gasteiger partial charge >= 0.3 is 0 Å². The molecule has 1 heterocycles. The van der Waals surface area contributed by atoms with Gasteiger partial charge in [-0.25, -0.2) is 4.98 Å². The number of ether oxygens (including phenoxy) is 1. The quantitative estimate of drug-likeness (QED) is 0.321. The number of carbonyl (C=O) groups excluding carboxylic acids is 1. The fourth-order valence-corrected chi connectivity index (χ4v) is 3.38. The zero-order chi connectivity index (χ0) is 21.3. The first kappa shape index (κ1) is 24.9. The summed E-state index contributed by atoms with van der Waals surface area (Å²) in [4.78, 5) is 22.2. The molecule has 0 atom stereocenters. The molecular weight excluding hydrogens is 505 g/mol. The van der Waals surface area contributed by atoms with Crippen LogP contribution in [0.1, 0.15) is 47.2 Å². The number of halogens is 1. The lowest BCUT2D eigenvalue weighted by Gasteiger charge is -2.14. The number of nitrogens with zero attached hydrogens (tertiary/aromatic N) is 3. The van der Waals surface area contributed by atoms with Crippen LogP contribution in [0.15, 0.2) is 47.6 Å². The molecule has 0 radical (unpaired) electrons. The third-order valence-electron chi connectivity index (χ3n) is 5.14. The Morgan fingerprint density at radius 2 is 1.68 bits per heavy atom. The van der Waals surface area contributed by atoms with Crippen molar-refractivity contribution in [1.29, 1.82) is 0 Å². The number of rotatable bonds is 7. The summed E-state index contributed by atoms with van der Waals surface area (Å²) < 4.78 is 5.91. The highest BCUT2D eigenvalue weighted by molar-refractivity contribution is 14.0. The van der Waals surface area contributed by atoms with E-state index in [1.165, 1.54) is 12.8 Å². The number of amides is 1. The second-order valence-corrected chi connectivity index (χ2v) is 7.70. The van der Waals surface area contributed by atoms with Crippen LogP contribution >= 0.6 is 24.0 Å². The fraction of sp³-hybridized carbons (Fsp3) is 0.435. The first-order valence-corrected chi connectivity index (χ1v) is 10.4. The molecular formula is C23H32IN5O2. The maximum atomic E-state index is 12.0. The van der Waals surface area contributed by atoms with Crippen LogP contribution in [-0.2, 0) is 13.1 Å². The van der Waals surface area contributed by atoms with Crippen LogP contribution in [0.3, 0.4) is 0 Å². The molecule has 2 aromatic rings. The summed E-state index contributed by atoms with van der Waals surface area (Å²) in [6, 6.07) is 11.5. The molecule has 0 aliphatic heterocycles. The zero-order valence-electron chi connectivity index (χ0n) is 18.4. The van der Waals surface area contributed by atoms with E-state index in [4.69, 9.17) is 4.74 Å². The van der Waals surface area contributed by atoms with Crippen LogP contribution in [0, 0.1) is 0 Å². The Morgan fingerprint density at radius 3 is 2.23 bits per heavy atom. The van der Waals surface area contributed by atoms with E-state index in [-0.39, 0.29) is 29.9 Å². The second kappa shape index (κ2) is 12.5. The van der Waals surface area contributed by atoms with Gasteiger partial charge < -0.3 is 20.3 Å². The number of aliphatic imine (C=N–C) groups is 1. The molecule has 1 fully saturated rings. The van der Waals surface area contributed by atoms with E-state index in [2.05, 4.69) is 20.6 Å². The van der Waals surface area contributed by atoms with Crippen molar-refractivity contribution < 1.29 is 9.53 Å². The Labute approximate surface area is 201 Å². The SMILES string of the molecule is CN=C(NCc1ccc(C(=O)N(C)C)cc1)NCc1ccc(OC2CCCC2)nc1.I. The molecule has 1 amide bonds. The molecule has 1 aromatic carbocycles. The number of aromatic nitrogens is 1. The summed E-state index contributed by atoms with van der Waals surface area (Å²) in [6.45, 7) is 1.23. The average Bonchev–Trinajstić information content (AvgIpc) is 3.28. The van der Waals surface area contributed by atoms with Crippen molar-refractivity contribution in [3.8, 4) is 5.88 Å². The first-order valence-electron chi connectivity index (χ1n) is 10.4. The van der Waals surface area contributed by atoms with E-state index in [1.54, 1.807) is 26.0 Å². The number of pyridine rings is 1. The standard InChI is InChI=1S/C23H31N5O2.HI/c1-24-23(26-14-17-8-11-19(12-9-17)22(29)28(2)3)27-16-18-10-13-21(25-15-18)30-20-6-4-5-7-20;/h8-13,15,20H,4-7,14,16H2,1-3H3,(H2,24,26,27);1H. The van der Waals surface area contributed by atoms with Gasteiger partial charge in [-0.15, -0.1) is 24.0 Å². The van der Waals surface area contributed by atoms with E-state index >= 15 is 0 Å². The molecule has 1 aromatic heterocycles. The molecule has 7 nitrogen and oxygen atoms in total. The highest BCUT2D eigenvalue weighted by Crippen LogP contribution is 2.22. The van der Waals surface area contributed by atoms with Crippen molar-refractivity contribution in [3.63, 3.8) is 0 Å². The molecule has 168 valence electrons. The van der Waals surface area contributed by atoms with Gasteiger partial charge in [0.05, 0.1) is 0 Å². The highest BCUT2D eigenvalue weighted by Gasteiger charge is 2.16. The maximum Gasteiger partial charge on any atom is 0.253 e. The summed E-state index contributed by atoms with van der Waals surface area (Å²) >= 11 is 0. The molecule has 31 heavy (non-hydrogen) atoms. The molecule has 8 heteroatoms. The molecule has 2 N–H and O–H groups in total. The summed E-state index contributed by atoms with van der Waals surface area (Å²) in [5.41, 5.74) is 2.81. The molecule has 1 aliphatic carbocycles. The molecule has 1 saturated carbocycles. The Morgan fingerprint density at radius 1 is 1.06 bits per heavy atom. The Balaban J connectivity index is 0.00000341. The number of hydrogen-bond acceptors (Lipinski definition) is 4. The van der Waals surface area contributed by atoms with Crippen LogP contribution in [0.25, 0.3) is 0 Å². The summed E-state index contributed by atoms with van der Waals surface area (Å²) in [5, 5.41) is 6.58. The lowest BCUT2D eigenvalue weighted by molar-refractivity contribution is 0.0827. The minimum absolute atomic E-state index is 0. The molecule has 0 bridgehead atoms. The Kier molecular flexibility index (Phi) is 10.0. The maximum absolute atomic E-state index is 12.0. The van der Waals surface area contributed by atoms with Crippen LogP contribution in [-0.4, -0.2) is 49.0 Å². The Bertz CT molecular complexity index is 847. The van der Waals surface area contributed by atoms with Gasteiger partial charge in [0.1, 0.15) is 6.10 Å². The summed E-state index contributed by atoms with van der Waals surface area (Å²) in [7, 11) is 5.24. The van der Waals surface area contributed by atoms with Crippen LogP contribution in [0.5, 0.6) is 5.88 Å². The fourth-order valence-electron chi connectivity index (χ4n) is 3.38. The summed E-state index contributed by atoms with van der Waals surface area (Å²) in [6.07, 6.45) is 6.91. The number of guanidine groups is 1. The van der Waals surface area contributed by atoms with Crippen LogP contribution < -0.4 is 15.4 Å². The lowest BCUT2D eigenvalue weighted by Crippen LogP contribution is -2.36. The Hall–Kier alpha value is -2.36. The van der Waals surface area contributed by atoms with Crippen molar-refractivity contribution in [2.75, 3.05) is 21.1 Å². The van der Waals surface area contributed by atoms with E-state index in [0.29, 0.717) is 36.6 Å². The third-order valence-corrected chi connectivity index (χ3v) is 5.14. The predicted molar refractivity (Wildman–Crippen MR) is 134 cm³/mol. The smallest absolute Gasteiger partial charge is 0.253 e. The van der Waals surface area contributed by atoms with Crippen molar-refractivity contribution in [3.05, 3.63) is 59.3 Å². The van der Waals surface area contributed by atoms with Gasteiger partial charge in [0.15, 0.2) is 5.96 Å². The topological polar surface area (TPSA) is 78.9 Å². The normalized spacial score (nSPS) is 14.0. The van der Waals surface area contributed by atoms with Gasteiger partial charge in [-0.3, -0.25) is 9.79 Å². The largest absolute Gasteiger partial charge is 0.474 e. The van der Waals surface area contributed by atoms with Crippen molar-refractivity contribution >= 4 is 35.8 Å². The van der Waals surface area contributed by atoms with Gasteiger partial charge in [0, 0.05) is 52.1 Å². The van der Waals surface area contributed by atoms with Crippen LogP contribution in [0.4, 0.5) is 0 Å². The molecule has 0 saturated heterocycles. The monoisotopic (exact) mass is 537 g/mol. The van der Waals surface area contributed by atoms with Gasteiger partial charge in [-0.1, -0.05) is 18.2 Å². The van der Waals surface area contributed by atoms with Crippen molar-refractivity contribution in [2.24, 2.45) is 4.99 Å². The number of hydrogen-bond donors (Lipinski definition) is 2. The molecule has 0 unspecified atom stereocenters.